The largest absolute Gasteiger partial charge is 0.306 e. The highest BCUT2D eigenvalue weighted by molar-refractivity contribution is 6.32. The minimum atomic E-state index is -0.505. The topological polar surface area (TPSA) is 55.2 Å². The predicted molar refractivity (Wildman–Crippen MR) is 79.8 cm³/mol. The molecule has 1 N–H and O–H groups in total. The van der Waals surface area contributed by atoms with E-state index in [4.69, 9.17) is 11.6 Å². The van der Waals surface area contributed by atoms with E-state index in [1.165, 1.54) is 24.3 Å². The first kappa shape index (κ1) is 15.4. The van der Waals surface area contributed by atoms with Crippen LogP contribution >= 0.6 is 11.6 Å². The van der Waals surface area contributed by atoms with Crippen molar-refractivity contribution in [3.63, 3.8) is 0 Å². The molecule has 0 fully saturated rings. The third-order valence-electron chi connectivity index (χ3n) is 3.19. The molecule has 2 aromatic rings. The van der Waals surface area contributed by atoms with Gasteiger partial charge in [0.15, 0.2) is 0 Å². The number of nitro benzene ring substituents is 1. The van der Waals surface area contributed by atoms with E-state index < -0.39 is 4.92 Å². The number of nitro groups is 1. The Kier molecular flexibility index (Phi) is 4.88. The van der Waals surface area contributed by atoms with Gasteiger partial charge in [-0.3, -0.25) is 10.1 Å². The summed E-state index contributed by atoms with van der Waals surface area (Å²) in [7, 11) is 0. The molecule has 0 heterocycles. The first-order valence-electron chi connectivity index (χ1n) is 6.39. The van der Waals surface area contributed by atoms with Crippen molar-refractivity contribution in [3.8, 4) is 0 Å². The lowest BCUT2D eigenvalue weighted by Gasteiger charge is -2.14. The molecule has 0 aliphatic rings. The molecule has 0 aliphatic carbocycles. The van der Waals surface area contributed by atoms with Crippen LogP contribution in [0.25, 0.3) is 0 Å². The van der Waals surface area contributed by atoms with Crippen molar-refractivity contribution in [2.24, 2.45) is 0 Å². The lowest BCUT2D eigenvalue weighted by Crippen LogP contribution is -2.18. The Bertz CT molecular complexity index is 647. The highest BCUT2D eigenvalue weighted by Crippen LogP contribution is 2.25. The molecule has 2 rings (SSSR count). The van der Waals surface area contributed by atoms with Gasteiger partial charge in [-0.15, -0.1) is 0 Å². The molecule has 0 saturated carbocycles. The molecule has 4 nitrogen and oxygen atoms in total. The van der Waals surface area contributed by atoms with Crippen LogP contribution in [0, 0.1) is 15.9 Å². The molecule has 0 aliphatic heterocycles. The summed E-state index contributed by atoms with van der Waals surface area (Å²) >= 11 is 5.77. The van der Waals surface area contributed by atoms with Crippen LogP contribution in [0.1, 0.15) is 24.1 Å². The number of hydrogen-bond acceptors (Lipinski definition) is 3. The number of nitrogens with one attached hydrogen (secondary N) is 1. The Hall–Kier alpha value is -1.98. The fraction of sp³-hybridized carbons (Fsp3) is 0.200. The molecule has 0 saturated heterocycles. The Labute approximate surface area is 126 Å². The van der Waals surface area contributed by atoms with Gasteiger partial charge in [0, 0.05) is 18.7 Å². The van der Waals surface area contributed by atoms with E-state index in [2.05, 4.69) is 5.32 Å². The number of benzene rings is 2. The maximum Gasteiger partial charge on any atom is 0.288 e. The smallest absolute Gasteiger partial charge is 0.288 e. The van der Waals surface area contributed by atoms with Gasteiger partial charge < -0.3 is 5.32 Å². The Morgan fingerprint density at radius 3 is 2.57 bits per heavy atom. The van der Waals surface area contributed by atoms with Crippen LogP contribution in [-0.4, -0.2) is 4.92 Å². The van der Waals surface area contributed by atoms with Gasteiger partial charge in [0.1, 0.15) is 10.8 Å². The van der Waals surface area contributed by atoms with Crippen molar-refractivity contribution in [1.29, 1.82) is 0 Å². The van der Waals surface area contributed by atoms with Crippen LogP contribution in [0.15, 0.2) is 42.5 Å². The van der Waals surface area contributed by atoms with Crippen LogP contribution in [-0.2, 0) is 6.54 Å². The van der Waals surface area contributed by atoms with Gasteiger partial charge >= 0.3 is 0 Å². The highest BCUT2D eigenvalue weighted by atomic mass is 35.5. The molecule has 0 spiro atoms. The second-order valence-electron chi connectivity index (χ2n) is 4.70. The molecule has 0 radical (unpaired) electrons. The van der Waals surface area contributed by atoms with E-state index in [0.717, 1.165) is 11.1 Å². The van der Waals surface area contributed by atoms with Gasteiger partial charge in [-0.25, -0.2) is 4.39 Å². The zero-order valence-electron chi connectivity index (χ0n) is 11.3. The van der Waals surface area contributed by atoms with E-state index in [9.17, 15) is 14.5 Å². The van der Waals surface area contributed by atoms with Crippen LogP contribution in [0.2, 0.25) is 5.02 Å². The second kappa shape index (κ2) is 6.65. The average molecular weight is 309 g/mol. The van der Waals surface area contributed by atoms with Crippen molar-refractivity contribution < 1.29 is 9.31 Å². The molecule has 0 unspecified atom stereocenters. The zero-order chi connectivity index (χ0) is 15.4. The van der Waals surface area contributed by atoms with Gasteiger partial charge in [-0.1, -0.05) is 29.8 Å². The second-order valence-corrected chi connectivity index (χ2v) is 5.10. The lowest BCUT2D eigenvalue weighted by molar-refractivity contribution is -0.384. The predicted octanol–water partition coefficient (Wildman–Crippen LogP) is 4.24. The first-order valence-corrected chi connectivity index (χ1v) is 6.77. The monoisotopic (exact) mass is 308 g/mol. The van der Waals surface area contributed by atoms with Crippen molar-refractivity contribution in [1.82, 2.24) is 5.32 Å². The van der Waals surface area contributed by atoms with E-state index in [1.54, 1.807) is 18.2 Å². The first-order chi connectivity index (χ1) is 9.97. The maximum absolute atomic E-state index is 12.9. The summed E-state index contributed by atoms with van der Waals surface area (Å²) in [6, 6.07) is 10.9. The molecular weight excluding hydrogens is 295 g/mol. The Morgan fingerprint density at radius 2 is 1.95 bits per heavy atom. The molecular formula is C15H14ClFN2O2. The minimum Gasteiger partial charge on any atom is -0.306 e. The van der Waals surface area contributed by atoms with Crippen molar-refractivity contribution in [2.45, 2.75) is 19.5 Å². The molecule has 110 valence electrons. The third kappa shape index (κ3) is 4.00. The average Bonchev–Trinajstić information content (AvgIpc) is 2.46. The molecule has 0 bridgehead atoms. The van der Waals surface area contributed by atoms with Gasteiger partial charge in [0.05, 0.1) is 4.92 Å². The molecule has 6 heteroatoms. The molecule has 21 heavy (non-hydrogen) atoms. The van der Waals surface area contributed by atoms with Crippen molar-refractivity contribution >= 4 is 17.3 Å². The summed E-state index contributed by atoms with van der Waals surface area (Å²) in [6.07, 6.45) is 0. The van der Waals surface area contributed by atoms with Crippen LogP contribution in [0.3, 0.4) is 0 Å². The van der Waals surface area contributed by atoms with Crippen LogP contribution in [0.5, 0.6) is 0 Å². The SMILES string of the molecule is C[C@@H](NCc1ccc(Cl)c([N+](=O)[O-])c1)c1ccc(F)cc1. The fourth-order valence-electron chi connectivity index (χ4n) is 1.95. The minimum absolute atomic E-state index is 0.000309. The van der Waals surface area contributed by atoms with E-state index in [0.29, 0.717) is 6.54 Å². The summed E-state index contributed by atoms with van der Waals surface area (Å²) in [5.74, 6) is -0.278. The third-order valence-corrected chi connectivity index (χ3v) is 3.51. The number of rotatable bonds is 5. The summed E-state index contributed by atoms with van der Waals surface area (Å²) in [4.78, 5) is 10.3. The standard InChI is InChI=1S/C15H14ClFN2O2/c1-10(12-3-5-13(17)6-4-12)18-9-11-2-7-14(16)15(8-11)19(20)21/h2-8,10,18H,9H2,1H3/t10-/m1/s1. The van der Waals surface area contributed by atoms with Crippen molar-refractivity contribution in [2.75, 3.05) is 0 Å². The highest BCUT2D eigenvalue weighted by Gasteiger charge is 2.13. The molecule has 1 atom stereocenters. The summed E-state index contributed by atoms with van der Waals surface area (Å²) in [5.41, 5.74) is 1.60. The fourth-order valence-corrected chi connectivity index (χ4v) is 2.13. The molecule has 0 aromatic heterocycles. The van der Waals surface area contributed by atoms with Crippen LogP contribution in [0.4, 0.5) is 10.1 Å². The maximum atomic E-state index is 12.9. The van der Waals surface area contributed by atoms with E-state index in [-0.39, 0.29) is 22.6 Å². The Morgan fingerprint density at radius 1 is 1.29 bits per heavy atom. The van der Waals surface area contributed by atoms with Crippen molar-refractivity contribution in [3.05, 3.63) is 74.5 Å². The van der Waals surface area contributed by atoms with Gasteiger partial charge in [0.2, 0.25) is 0 Å². The van der Waals surface area contributed by atoms with E-state index in [1.807, 2.05) is 6.92 Å². The summed E-state index contributed by atoms with van der Waals surface area (Å²) in [5, 5.41) is 14.2. The van der Waals surface area contributed by atoms with Crippen LogP contribution < -0.4 is 5.32 Å². The van der Waals surface area contributed by atoms with Gasteiger partial charge in [-0.2, -0.15) is 0 Å². The number of halogens is 2. The summed E-state index contributed by atoms with van der Waals surface area (Å²) in [6.45, 7) is 2.40. The van der Waals surface area contributed by atoms with E-state index >= 15 is 0 Å². The van der Waals surface area contributed by atoms with Gasteiger partial charge in [0.25, 0.3) is 5.69 Å². The molecule has 2 aromatic carbocycles. The Balaban J connectivity index is 2.04. The zero-order valence-corrected chi connectivity index (χ0v) is 12.1. The normalized spacial score (nSPS) is 12.1. The number of hydrogen-bond donors (Lipinski definition) is 1. The summed E-state index contributed by atoms with van der Waals surface area (Å²) < 4.78 is 12.9. The molecule has 0 amide bonds. The number of nitrogens with zero attached hydrogens (tertiary/aromatic N) is 1. The van der Waals surface area contributed by atoms with Gasteiger partial charge in [-0.05, 0) is 36.2 Å². The lowest BCUT2D eigenvalue weighted by atomic mass is 10.1. The quantitative estimate of drug-likeness (QED) is 0.664.